The molecule has 6 nitrogen and oxygen atoms in total. The second kappa shape index (κ2) is 59.9. The number of unbranched alkanes of at least 4 members (excludes halogenated alkanes) is 44. The van der Waals surface area contributed by atoms with Crippen molar-refractivity contribution in [2.75, 3.05) is 13.2 Å². The van der Waals surface area contributed by atoms with Crippen molar-refractivity contribution in [2.24, 2.45) is 0 Å². The maximum Gasteiger partial charge on any atom is 0.305 e. The number of nitrogens with one attached hydrogen (secondary N) is 1. The second-order valence-corrected chi connectivity index (χ2v) is 21.7. The first-order valence-corrected chi connectivity index (χ1v) is 31.6. The van der Waals surface area contributed by atoms with E-state index in [1.54, 1.807) is 0 Å². The molecule has 2 unspecified atom stereocenters. The third-order valence-corrected chi connectivity index (χ3v) is 14.8. The average Bonchev–Trinajstić information content (AvgIpc) is 3.36. The minimum Gasteiger partial charge on any atom is -0.466 e. The molecule has 414 valence electrons. The predicted molar refractivity (Wildman–Crippen MR) is 306 cm³/mol. The topological polar surface area (TPSA) is 95.9 Å². The van der Waals surface area contributed by atoms with Crippen molar-refractivity contribution < 1.29 is 24.5 Å². The number of aliphatic hydroxyl groups excluding tert-OH is 2. The smallest absolute Gasteiger partial charge is 0.305 e. The number of rotatable bonds is 59. The Bertz CT molecular complexity index is 1090. The van der Waals surface area contributed by atoms with Gasteiger partial charge in [0.25, 0.3) is 0 Å². The van der Waals surface area contributed by atoms with Gasteiger partial charge in [0.1, 0.15) is 0 Å². The molecule has 2 atom stereocenters. The van der Waals surface area contributed by atoms with Gasteiger partial charge in [-0.3, -0.25) is 9.59 Å². The van der Waals surface area contributed by atoms with Crippen molar-refractivity contribution in [1.82, 2.24) is 5.32 Å². The first-order valence-electron chi connectivity index (χ1n) is 31.6. The lowest BCUT2D eigenvalue weighted by atomic mass is 10.0. The van der Waals surface area contributed by atoms with E-state index in [0.717, 1.165) is 57.8 Å². The summed E-state index contributed by atoms with van der Waals surface area (Å²) in [6.45, 7) is 4.93. The Morgan fingerprint density at radius 2 is 0.714 bits per heavy atom. The van der Waals surface area contributed by atoms with Gasteiger partial charge < -0.3 is 20.3 Å². The third-order valence-electron chi connectivity index (χ3n) is 14.8. The van der Waals surface area contributed by atoms with Gasteiger partial charge in [-0.2, -0.15) is 0 Å². The highest BCUT2D eigenvalue weighted by molar-refractivity contribution is 5.76. The van der Waals surface area contributed by atoms with Crippen LogP contribution in [0, 0.1) is 0 Å². The summed E-state index contributed by atoms with van der Waals surface area (Å²) in [7, 11) is 0. The summed E-state index contributed by atoms with van der Waals surface area (Å²) in [4.78, 5) is 24.6. The van der Waals surface area contributed by atoms with Crippen LogP contribution in [0.1, 0.15) is 348 Å². The van der Waals surface area contributed by atoms with E-state index in [4.69, 9.17) is 4.74 Å². The number of aliphatic hydroxyl groups is 2. The number of carbonyl (C=O) groups is 2. The highest BCUT2D eigenvalue weighted by Gasteiger charge is 2.20. The molecule has 0 fully saturated rings. The number of carbonyl (C=O) groups excluding carboxylic acids is 2. The number of amides is 1. The number of ether oxygens (including phenoxy) is 1. The fourth-order valence-electron chi connectivity index (χ4n) is 9.91. The monoisotopic (exact) mass is 986 g/mol. The van der Waals surface area contributed by atoms with E-state index < -0.39 is 12.1 Å². The molecule has 0 aliphatic carbocycles. The molecule has 0 aliphatic heterocycles. The largest absolute Gasteiger partial charge is 0.466 e. The lowest BCUT2D eigenvalue weighted by molar-refractivity contribution is -0.143. The summed E-state index contributed by atoms with van der Waals surface area (Å²) >= 11 is 0. The van der Waals surface area contributed by atoms with Gasteiger partial charge >= 0.3 is 5.97 Å². The zero-order chi connectivity index (χ0) is 50.7. The average molecular weight is 987 g/mol. The quantitative estimate of drug-likeness (QED) is 0.0321. The van der Waals surface area contributed by atoms with Crippen LogP contribution < -0.4 is 5.32 Å². The Kier molecular flexibility index (Phi) is 58.5. The van der Waals surface area contributed by atoms with Crippen LogP contribution >= 0.6 is 0 Å². The van der Waals surface area contributed by atoms with E-state index in [9.17, 15) is 19.8 Å². The summed E-state index contributed by atoms with van der Waals surface area (Å²) in [5.74, 6) is -0.0570. The van der Waals surface area contributed by atoms with Gasteiger partial charge in [-0.15, -0.1) is 0 Å². The summed E-state index contributed by atoms with van der Waals surface area (Å²) in [5.41, 5.74) is 0. The van der Waals surface area contributed by atoms with E-state index >= 15 is 0 Å². The van der Waals surface area contributed by atoms with E-state index in [2.05, 4.69) is 43.5 Å². The lowest BCUT2D eigenvalue weighted by Crippen LogP contribution is -2.45. The maximum atomic E-state index is 12.5. The van der Waals surface area contributed by atoms with Gasteiger partial charge in [-0.1, -0.05) is 301 Å². The van der Waals surface area contributed by atoms with Crippen LogP contribution in [0.5, 0.6) is 0 Å². The molecule has 0 aromatic heterocycles. The Morgan fingerprint density at radius 1 is 0.400 bits per heavy atom. The molecule has 0 heterocycles. The number of allylic oxidation sites excluding steroid dienone is 4. The summed E-state index contributed by atoms with van der Waals surface area (Å²) in [6, 6.07) is -0.551. The highest BCUT2D eigenvalue weighted by atomic mass is 16.5. The fourth-order valence-corrected chi connectivity index (χ4v) is 9.91. The first-order chi connectivity index (χ1) is 34.5. The molecule has 0 saturated carbocycles. The van der Waals surface area contributed by atoms with E-state index in [1.807, 2.05) is 0 Å². The normalized spacial score (nSPS) is 12.7. The molecule has 0 radical (unpaired) electrons. The van der Waals surface area contributed by atoms with Crippen molar-refractivity contribution in [3.63, 3.8) is 0 Å². The number of hydrogen-bond acceptors (Lipinski definition) is 5. The molecular formula is C64H123NO5. The van der Waals surface area contributed by atoms with Gasteiger partial charge in [-0.25, -0.2) is 0 Å². The zero-order valence-corrected chi connectivity index (χ0v) is 47.3. The summed E-state index contributed by atoms with van der Waals surface area (Å²) in [6.07, 6.45) is 73.2. The number of hydrogen-bond donors (Lipinski definition) is 3. The minimum atomic E-state index is -0.673. The summed E-state index contributed by atoms with van der Waals surface area (Å²) in [5, 5.41) is 23.4. The van der Waals surface area contributed by atoms with Crippen LogP contribution in [0.2, 0.25) is 0 Å². The van der Waals surface area contributed by atoms with Crippen LogP contribution in [-0.2, 0) is 14.3 Å². The minimum absolute atomic E-state index is 0.0146. The van der Waals surface area contributed by atoms with Gasteiger partial charge in [0, 0.05) is 12.8 Å². The van der Waals surface area contributed by atoms with Crippen LogP contribution in [0.4, 0.5) is 0 Å². The van der Waals surface area contributed by atoms with Crippen LogP contribution in [0.15, 0.2) is 24.3 Å². The molecule has 0 aromatic carbocycles. The SMILES string of the molecule is CCCCCC/C=C\C/C=C\CCCCCCCC(=O)OCCCCCCCCCCCCCCCCC(=O)NC(CO)C(O)CCCCCCCCCCCCCCCCCCCCCCCCC. The van der Waals surface area contributed by atoms with Gasteiger partial charge in [-0.05, 0) is 57.8 Å². The molecule has 0 rings (SSSR count). The first kappa shape index (κ1) is 68.3. The van der Waals surface area contributed by atoms with E-state index in [-0.39, 0.29) is 18.5 Å². The van der Waals surface area contributed by atoms with Crippen LogP contribution in [-0.4, -0.2) is 47.4 Å². The molecule has 1 amide bonds. The highest BCUT2D eigenvalue weighted by Crippen LogP contribution is 2.18. The molecule has 0 spiro atoms. The van der Waals surface area contributed by atoms with Crippen molar-refractivity contribution in [1.29, 1.82) is 0 Å². The Hall–Kier alpha value is -1.66. The van der Waals surface area contributed by atoms with Crippen molar-refractivity contribution in [2.45, 2.75) is 360 Å². The predicted octanol–water partition coefficient (Wildman–Crippen LogP) is 19.8. The Morgan fingerprint density at radius 3 is 1.10 bits per heavy atom. The zero-order valence-electron chi connectivity index (χ0n) is 47.3. The van der Waals surface area contributed by atoms with Gasteiger partial charge in [0.15, 0.2) is 0 Å². The van der Waals surface area contributed by atoms with Gasteiger partial charge in [0.2, 0.25) is 5.91 Å². The molecule has 3 N–H and O–H groups in total. The van der Waals surface area contributed by atoms with Gasteiger partial charge in [0.05, 0.1) is 25.4 Å². The Labute approximate surface area is 437 Å². The molecule has 0 aliphatic rings. The van der Waals surface area contributed by atoms with E-state index in [1.165, 1.54) is 257 Å². The van der Waals surface area contributed by atoms with Crippen molar-refractivity contribution in [3.05, 3.63) is 24.3 Å². The third kappa shape index (κ3) is 55.7. The van der Waals surface area contributed by atoms with Crippen molar-refractivity contribution in [3.8, 4) is 0 Å². The van der Waals surface area contributed by atoms with Crippen LogP contribution in [0.3, 0.4) is 0 Å². The summed E-state index contributed by atoms with van der Waals surface area (Å²) < 4.78 is 5.47. The second-order valence-electron chi connectivity index (χ2n) is 21.7. The molecule has 6 heteroatoms. The molecule has 70 heavy (non-hydrogen) atoms. The molecule has 0 aromatic rings. The number of esters is 1. The maximum absolute atomic E-state index is 12.5. The van der Waals surface area contributed by atoms with Crippen LogP contribution in [0.25, 0.3) is 0 Å². The van der Waals surface area contributed by atoms with Crippen molar-refractivity contribution >= 4 is 11.9 Å². The molecule has 0 saturated heterocycles. The molecular weight excluding hydrogens is 863 g/mol. The lowest BCUT2D eigenvalue weighted by Gasteiger charge is -2.22. The van der Waals surface area contributed by atoms with E-state index in [0.29, 0.717) is 25.9 Å². The molecule has 0 bridgehead atoms. The fraction of sp³-hybridized carbons (Fsp3) is 0.906. The Balaban J connectivity index is 3.44. The standard InChI is InChI=1S/C64H123NO5/c1-3-5-7-9-11-13-15-17-19-21-22-23-24-25-26-27-28-32-36-40-44-48-52-56-62(67)61(60-66)65-63(68)57-53-49-45-41-37-33-30-31-35-39-43-47-51-55-59-70-64(69)58-54-50-46-42-38-34-29-20-18-16-14-12-10-8-6-4-2/h14,16,20,29,61-62,66-67H,3-13,15,17-19,21-28,30-60H2,1-2H3,(H,65,68)/b16-14-,29-20-.